The van der Waals surface area contributed by atoms with Gasteiger partial charge in [-0.15, -0.1) is 0 Å². The Balaban J connectivity index is 1.83. The number of aliphatic hydroxyl groups is 1. The summed E-state index contributed by atoms with van der Waals surface area (Å²) in [7, 11) is 0. The topological polar surface area (TPSA) is 32.3 Å². The van der Waals surface area contributed by atoms with Gasteiger partial charge in [-0.25, -0.2) is 0 Å². The van der Waals surface area contributed by atoms with E-state index < -0.39 is 5.54 Å². The van der Waals surface area contributed by atoms with Crippen molar-refractivity contribution in [2.24, 2.45) is 11.8 Å². The highest BCUT2D eigenvalue weighted by Gasteiger charge is 2.41. The van der Waals surface area contributed by atoms with Gasteiger partial charge in [-0.1, -0.05) is 91.0 Å². The highest BCUT2D eigenvalue weighted by molar-refractivity contribution is 5.49. The van der Waals surface area contributed by atoms with E-state index in [0.29, 0.717) is 18.4 Å². The van der Waals surface area contributed by atoms with Crippen LogP contribution in [0.25, 0.3) is 0 Å². The second-order valence-electron chi connectivity index (χ2n) is 7.17. The van der Waals surface area contributed by atoms with Crippen LogP contribution >= 0.6 is 0 Å². The summed E-state index contributed by atoms with van der Waals surface area (Å²) < 4.78 is 0. The Morgan fingerprint density at radius 2 is 1.12 bits per heavy atom. The first kappa shape index (κ1) is 17.0. The van der Waals surface area contributed by atoms with Gasteiger partial charge in [0.25, 0.3) is 0 Å². The molecule has 2 nitrogen and oxygen atoms in total. The molecular weight excluding hydrogens is 318 g/mol. The third kappa shape index (κ3) is 3.18. The van der Waals surface area contributed by atoms with Crippen LogP contribution in [0.2, 0.25) is 0 Å². The zero-order valence-electron chi connectivity index (χ0n) is 14.9. The van der Waals surface area contributed by atoms with Crippen LogP contribution in [0.5, 0.6) is 0 Å². The second-order valence-corrected chi connectivity index (χ2v) is 7.17. The fourth-order valence-corrected chi connectivity index (χ4v) is 3.94. The summed E-state index contributed by atoms with van der Waals surface area (Å²) >= 11 is 0. The minimum absolute atomic E-state index is 0.293. The summed E-state index contributed by atoms with van der Waals surface area (Å²) in [6.45, 7) is 1.19. The van der Waals surface area contributed by atoms with Crippen molar-refractivity contribution in [3.63, 3.8) is 0 Å². The van der Waals surface area contributed by atoms with Gasteiger partial charge >= 0.3 is 0 Å². The third-order valence-electron chi connectivity index (χ3n) is 5.55. The van der Waals surface area contributed by atoms with Crippen molar-refractivity contribution in [2.75, 3.05) is 13.2 Å². The summed E-state index contributed by atoms with van der Waals surface area (Å²) in [6, 6.07) is 32.0. The molecule has 2 atom stereocenters. The molecule has 0 amide bonds. The summed E-state index contributed by atoms with van der Waals surface area (Å²) in [5.41, 5.74) is 3.31. The predicted octanol–water partition coefficient (Wildman–Crippen LogP) is 4.20. The second kappa shape index (κ2) is 7.45. The van der Waals surface area contributed by atoms with Gasteiger partial charge in [0.2, 0.25) is 0 Å². The van der Waals surface area contributed by atoms with E-state index >= 15 is 0 Å². The Kier molecular flexibility index (Phi) is 4.87. The maximum absolute atomic E-state index is 9.43. The SMILES string of the molecule is OCC1CC1CNC(c1ccccc1)(c1ccccc1)c1ccccc1. The minimum Gasteiger partial charge on any atom is -0.396 e. The molecule has 3 aromatic carbocycles. The number of benzene rings is 3. The van der Waals surface area contributed by atoms with Crippen LogP contribution in [0.15, 0.2) is 91.0 Å². The van der Waals surface area contributed by atoms with Crippen molar-refractivity contribution in [3.05, 3.63) is 108 Å². The van der Waals surface area contributed by atoms with Gasteiger partial charge in [-0.3, -0.25) is 5.32 Å². The Bertz CT molecular complexity index is 720. The van der Waals surface area contributed by atoms with Crippen LogP contribution < -0.4 is 5.32 Å². The molecule has 0 radical (unpaired) electrons. The molecule has 132 valence electrons. The van der Waals surface area contributed by atoms with Crippen molar-refractivity contribution in [1.29, 1.82) is 0 Å². The maximum atomic E-state index is 9.43. The summed E-state index contributed by atoms with van der Waals surface area (Å²) in [6.07, 6.45) is 1.11. The fourth-order valence-electron chi connectivity index (χ4n) is 3.94. The van der Waals surface area contributed by atoms with Gasteiger partial charge in [0, 0.05) is 6.61 Å². The van der Waals surface area contributed by atoms with E-state index in [-0.39, 0.29) is 0 Å². The molecule has 1 fully saturated rings. The molecule has 2 unspecified atom stereocenters. The van der Waals surface area contributed by atoms with Gasteiger partial charge in [-0.2, -0.15) is 0 Å². The minimum atomic E-state index is -0.396. The van der Waals surface area contributed by atoms with Crippen molar-refractivity contribution in [2.45, 2.75) is 12.0 Å². The van der Waals surface area contributed by atoms with Crippen molar-refractivity contribution < 1.29 is 5.11 Å². The Morgan fingerprint density at radius 3 is 1.46 bits per heavy atom. The van der Waals surface area contributed by atoms with E-state index in [4.69, 9.17) is 0 Å². The van der Waals surface area contributed by atoms with Crippen LogP contribution in [0, 0.1) is 11.8 Å². The molecule has 0 aliphatic heterocycles. The molecule has 4 rings (SSSR count). The van der Waals surface area contributed by atoms with Gasteiger partial charge in [0.1, 0.15) is 0 Å². The van der Waals surface area contributed by atoms with Crippen LogP contribution in [0.3, 0.4) is 0 Å². The van der Waals surface area contributed by atoms with Crippen LogP contribution in [-0.2, 0) is 5.54 Å². The lowest BCUT2D eigenvalue weighted by molar-refractivity contribution is 0.266. The van der Waals surface area contributed by atoms with Crippen molar-refractivity contribution in [3.8, 4) is 0 Å². The number of hydrogen-bond acceptors (Lipinski definition) is 2. The van der Waals surface area contributed by atoms with E-state index in [1.165, 1.54) is 16.7 Å². The predicted molar refractivity (Wildman–Crippen MR) is 106 cm³/mol. The monoisotopic (exact) mass is 343 g/mol. The molecular formula is C24H25NO. The lowest BCUT2D eigenvalue weighted by atomic mass is 9.77. The number of aliphatic hydroxyl groups excluding tert-OH is 1. The van der Waals surface area contributed by atoms with Crippen LogP contribution in [-0.4, -0.2) is 18.3 Å². The van der Waals surface area contributed by atoms with Gasteiger partial charge in [0.15, 0.2) is 0 Å². The molecule has 3 aromatic rings. The smallest absolute Gasteiger partial charge is 0.0948 e. The van der Waals surface area contributed by atoms with E-state index in [0.717, 1.165) is 13.0 Å². The Hall–Kier alpha value is -2.42. The zero-order valence-corrected chi connectivity index (χ0v) is 14.9. The Morgan fingerprint density at radius 1 is 0.692 bits per heavy atom. The van der Waals surface area contributed by atoms with E-state index in [1.807, 2.05) is 0 Å². The quantitative estimate of drug-likeness (QED) is 0.630. The van der Waals surface area contributed by atoms with Gasteiger partial charge in [0.05, 0.1) is 5.54 Å². The average molecular weight is 343 g/mol. The first-order valence-electron chi connectivity index (χ1n) is 9.37. The molecule has 0 heterocycles. The molecule has 26 heavy (non-hydrogen) atoms. The van der Waals surface area contributed by atoms with Crippen LogP contribution in [0.4, 0.5) is 0 Å². The molecule has 2 N–H and O–H groups in total. The van der Waals surface area contributed by atoms with E-state index in [1.54, 1.807) is 0 Å². The van der Waals surface area contributed by atoms with Gasteiger partial charge < -0.3 is 5.11 Å². The first-order chi connectivity index (χ1) is 12.8. The molecule has 1 aliphatic rings. The van der Waals surface area contributed by atoms with Gasteiger partial charge in [-0.05, 0) is 41.5 Å². The van der Waals surface area contributed by atoms with E-state index in [2.05, 4.69) is 96.3 Å². The molecule has 0 bridgehead atoms. The van der Waals surface area contributed by atoms with Crippen LogP contribution in [0.1, 0.15) is 23.1 Å². The standard InChI is InChI=1S/C24H25NO/c26-18-20-16-19(20)17-25-24(21-10-4-1-5-11-21,22-12-6-2-7-13-22)23-14-8-3-9-15-23/h1-15,19-20,25-26H,16-18H2. The fraction of sp³-hybridized carbons (Fsp3) is 0.250. The highest BCUT2D eigenvalue weighted by Crippen LogP contribution is 2.41. The maximum Gasteiger partial charge on any atom is 0.0948 e. The van der Waals surface area contributed by atoms with Crippen molar-refractivity contribution in [1.82, 2.24) is 5.32 Å². The molecule has 0 aromatic heterocycles. The number of hydrogen-bond donors (Lipinski definition) is 2. The van der Waals surface area contributed by atoms with E-state index in [9.17, 15) is 5.11 Å². The molecule has 0 spiro atoms. The average Bonchev–Trinajstić information content (AvgIpc) is 3.50. The highest BCUT2D eigenvalue weighted by atomic mass is 16.3. The summed E-state index contributed by atoms with van der Waals surface area (Å²) in [5, 5.41) is 13.3. The molecule has 2 heteroatoms. The first-order valence-corrected chi connectivity index (χ1v) is 9.37. The largest absolute Gasteiger partial charge is 0.396 e. The molecule has 0 saturated heterocycles. The molecule has 1 saturated carbocycles. The number of nitrogens with one attached hydrogen (secondary N) is 1. The van der Waals surface area contributed by atoms with Crippen molar-refractivity contribution >= 4 is 0 Å². The normalized spacial score (nSPS) is 19.3. The zero-order chi connectivity index (χ0) is 17.8. The number of rotatable bonds is 7. The third-order valence-corrected chi connectivity index (χ3v) is 5.55. The molecule has 1 aliphatic carbocycles. The summed E-state index contributed by atoms with van der Waals surface area (Å²) in [4.78, 5) is 0. The lowest BCUT2D eigenvalue weighted by Gasteiger charge is -2.37. The lowest BCUT2D eigenvalue weighted by Crippen LogP contribution is -2.45. The summed E-state index contributed by atoms with van der Waals surface area (Å²) in [5.74, 6) is 0.998. The Labute approximate surface area is 155 Å².